The summed E-state index contributed by atoms with van der Waals surface area (Å²) in [5.41, 5.74) is 4.93. The van der Waals surface area contributed by atoms with Gasteiger partial charge in [0, 0.05) is 43.7 Å². The van der Waals surface area contributed by atoms with Gasteiger partial charge in [-0.25, -0.2) is 0 Å². The summed E-state index contributed by atoms with van der Waals surface area (Å²) in [5, 5.41) is 7.38. The van der Waals surface area contributed by atoms with E-state index in [1.54, 1.807) is 18.3 Å². The smallest absolute Gasteiger partial charge is 0.221 e. The van der Waals surface area contributed by atoms with Crippen LogP contribution in [0.2, 0.25) is 0 Å². The summed E-state index contributed by atoms with van der Waals surface area (Å²) in [6.45, 7) is 3.45. The Labute approximate surface area is 135 Å². The van der Waals surface area contributed by atoms with Crippen LogP contribution in [-0.2, 0) is 17.8 Å². The van der Waals surface area contributed by atoms with Crippen LogP contribution in [0.4, 0.5) is 10.7 Å². The molecule has 0 radical (unpaired) electrons. The molecule has 0 bridgehead atoms. The minimum absolute atomic E-state index is 0.0160. The molecular weight excluding hydrogens is 294 g/mol. The summed E-state index contributed by atoms with van der Waals surface area (Å²) in [7, 11) is 4.08. The highest BCUT2D eigenvalue weighted by Gasteiger charge is 2.22. The van der Waals surface area contributed by atoms with Crippen molar-refractivity contribution in [3.63, 3.8) is 0 Å². The highest BCUT2D eigenvalue weighted by molar-refractivity contribution is 7.17. The second-order valence-electron chi connectivity index (χ2n) is 5.76. The summed E-state index contributed by atoms with van der Waals surface area (Å²) in [6, 6.07) is 8.53. The molecule has 1 aliphatic rings. The molecule has 1 aliphatic heterocycles. The molecule has 2 N–H and O–H groups in total. The van der Waals surface area contributed by atoms with Gasteiger partial charge in [-0.05, 0) is 36.2 Å². The Balaban J connectivity index is 2.07. The second kappa shape index (κ2) is 6.10. The van der Waals surface area contributed by atoms with Crippen LogP contribution < -0.4 is 15.5 Å². The van der Waals surface area contributed by atoms with Crippen molar-refractivity contribution in [1.82, 2.24) is 5.32 Å². The maximum Gasteiger partial charge on any atom is 0.221 e. The molecule has 2 heterocycles. The number of benzene rings is 1. The zero-order valence-corrected chi connectivity index (χ0v) is 14.0. The normalized spacial score (nSPS) is 13.6. The van der Waals surface area contributed by atoms with Gasteiger partial charge in [0.05, 0.1) is 0 Å². The number of hydrogen-bond acceptors (Lipinski definition) is 4. The molecular formula is C17H21N3OS. The molecule has 0 fully saturated rings. The minimum atomic E-state index is -0.0160. The molecule has 0 spiro atoms. The highest BCUT2D eigenvalue weighted by atomic mass is 32.1. The van der Waals surface area contributed by atoms with Crippen molar-refractivity contribution in [2.24, 2.45) is 0 Å². The van der Waals surface area contributed by atoms with Gasteiger partial charge in [-0.2, -0.15) is 0 Å². The van der Waals surface area contributed by atoms with Crippen molar-refractivity contribution in [3.8, 4) is 11.1 Å². The van der Waals surface area contributed by atoms with Crippen molar-refractivity contribution >= 4 is 27.9 Å². The van der Waals surface area contributed by atoms with Gasteiger partial charge >= 0.3 is 0 Å². The molecule has 1 aromatic carbocycles. The van der Waals surface area contributed by atoms with Gasteiger partial charge in [0.15, 0.2) is 0 Å². The van der Waals surface area contributed by atoms with Crippen molar-refractivity contribution in [2.45, 2.75) is 19.9 Å². The lowest BCUT2D eigenvalue weighted by atomic mass is 9.97. The van der Waals surface area contributed by atoms with E-state index < -0.39 is 0 Å². The Bertz CT molecular complexity index is 689. The van der Waals surface area contributed by atoms with Crippen LogP contribution in [-0.4, -0.2) is 26.5 Å². The Kier molecular flexibility index (Phi) is 4.18. The number of anilines is 2. The number of nitrogens with one attached hydrogen (secondary N) is 2. The van der Waals surface area contributed by atoms with Crippen molar-refractivity contribution in [1.29, 1.82) is 0 Å². The van der Waals surface area contributed by atoms with Gasteiger partial charge in [0.1, 0.15) is 5.00 Å². The van der Waals surface area contributed by atoms with Gasteiger partial charge in [-0.15, -0.1) is 11.3 Å². The van der Waals surface area contributed by atoms with Crippen LogP contribution >= 0.6 is 11.3 Å². The minimum Gasteiger partial charge on any atom is -0.378 e. The molecule has 4 nitrogen and oxygen atoms in total. The summed E-state index contributed by atoms with van der Waals surface area (Å²) in [6.07, 6.45) is 1.01. The lowest BCUT2D eigenvalue weighted by molar-refractivity contribution is -0.114. The van der Waals surface area contributed by atoms with Gasteiger partial charge < -0.3 is 15.5 Å². The van der Waals surface area contributed by atoms with Gasteiger partial charge in [-0.1, -0.05) is 12.1 Å². The third kappa shape index (κ3) is 2.87. The predicted molar refractivity (Wildman–Crippen MR) is 93.8 cm³/mol. The van der Waals surface area contributed by atoms with E-state index in [0.29, 0.717) is 0 Å². The van der Waals surface area contributed by atoms with Crippen molar-refractivity contribution in [3.05, 3.63) is 34.7 Å². The summed E-state index contributed by atoms with van der Waals surface area (Å²) < 4.78 is 0. The van der Waals surface area contributed by atoms with Gasteiger partial charge in [0.2, 0.25) is 5.91 Å². The van der Waals surface area contributed by atoms with Crippen LogP contribution in [0.25, 0.3) is 11.1 Å². The monoisotopic (exact) mass is 315 g/mol. The molecule has 0 saturated heterocycles. The molecule has 1 amide bonds. The lowest BCUT2D eigenvalue weighted by Gasteiger charge is -2.16. The molecule has 0 saturated carbocycles. The number of hydrogen-bond donors (Lipinski definition) is 2. The summed E-state index contributed by atoms with van der Waals surface area (Å²) in [4.78, 5) is 14.9. The molecule has 1 aromatic heterocycles. The number of rotatable bonds is 3. The van der Waals surface area contributed by atoms with E-state index in [0.717, 1.165) is 24.5 Å². The largest absolute Gasteiger partial charge is 0.378 e. The standard InChI is InChI=1S/C17H21N3OS/c1-11(21)19-17-16(14-8-9-18-10-15(14)22-17)12-4-6-13(7-5-12)20(2)3/h4-7,18H,8-10H2,1-3H3,(H,19,21). The molecule has 0 atom stereocenters. The first-order valence-electron chi connectivity index (χ1n) is 7.47. The molecule has 0 unspecified atom stereocenters. The number of carbonyl (C=O) groups excluding carboxylic acids is 1. The van der Waals surface area contributed by atoms with E-state index in [1.807, 2.05) is 14.1 Å². The van der Waals surface area contributed by atoms with Crippen LogP contribution in [0, 0.1) is 0 Å². The Hall–Kier alpha value is -1.85. The van der Waals surface area contributed by atoms with E-state index in [4.69, 9.17) is 0 Å². The molecule has 2 aromatic rings. The number of carbonyl (C=O) groups is 1. The molecule has 5 heteroatoms. The number of thiophene rings is 1. The molecule has 0 aliphatic carbocycles. The Morgan fingerprint density at radius 3 is 2.64 bits per heavy atom. The van der Waals surface area contributed by atoms with Crippen LogP contribution in [0.5, 0.6) is 0 Å². The third-order valence-electron chi connectivity index (χ3n) is 3.89. The fourth-order valence-electron chi connectivity index (χ4n) is 2.81. The summed E-state index contributed by atoms with van der Waals surface area (Å²) in [5.74, 6) is -0.0160. The van der Waals surface area contributed by atoms with E-state index in [-0.39, 0.29) is 5.91 Å². The predicted octanol–water partition coefficient (Wildman–Crippen LogP) is 3.09. The van der Waals surface area contributed by atoms with E-state index >= 15 is 0 Å². The van der Waals surface area contributed by atoms with Crippen molar-refractivity contribution < 1.29 is 4.79 Å². The Morgan fingerprint density at radius 2 is 2.00 bits per heavy atom. The molecule has 22 heavy (non-hydrogen) atoms. The fourth-order valence-corrected chi connectivity index (χ4v) is 4.10. The summed E-state index contributed by atoms with van der Waals surface area (Å²) >= 11 is 1.69. The second-order valence-corrected chi connectivity index (χ2v) is 6.86. The van der Waals surface area contributed by atoms with Crippen LogP contribution in [0.3, 0.4) is 0 Å². The first kappa shape index (κ1) is 15.1. The highest BCUT2D eigenvalue weighted by Crippen LogP contribution is 2.42. The fraction of sp³-hybridized carbons (Fsp3) is 0.353. The van der Waals surface area contributed by atoms with Gasteiger partial charge in [0.25, 0.3) is 0 Å². The van der Waals surface area contributed by atoms with Crippen molar-refractivity contribution in [2.75, 3.05) is 30.9 Å². The molecule has 3 rings (SSSR count). The van der Waals surface area contributed by atoms with E-state index in [2.05, 4.69) is 39.8 Å². The van der Waals surface area contributed by atoms with Crippen LogP contribution in [0.1, 0.15) is 17.4 Å². The molecule has 116 valence electrons. The Morgan fingerprint density at radius 1 is 1.27 bits per heavy atom. The van der Waals surface area contributed by atoms with E-state index in [1.165, 1.54) is 27.3 Å². The average molecular weight is 315 g/mol. The van der Waals surface area contributed by atoms with Gasteiger partial charge in [-0.3, -0.25) is 4.79 Å². The topological polar surface area (TPSA) is 44.4 Å². The quantitative estimate of drug-likeness (QED) is 0.915. The first-order valence-corrected chi connectivity index (χ1v) is 8.28. The number of fused-ring (bicyclic) bond motifs is 1. The number of nitrogens with zero attached hydrogens (tertiary/aromatic N) is 1. The van der Waals surface area contributed by atoms with E-state index in [9.17, 15) is 4.79 Å². The maximum absolute atomic E-state index is 11.5. The van der Waals surface area contributed by atoms with Crippen LogP contribution in [0.15, 0.2) is 24.3 Å². The SMILES string of the molecule is CC(=O)Nc1sc2c(c1-c1ccc(N(C)C)cc1)CCNC2. The third-order valence-corrected chi connectivity index (χ3v) is 5.04. The first-order chi connectivity index (χ1) is 10.6. The zero-order chi connectivity index (χ0) is 15.7. The lowest BCUT2D eigenvalue weighted by Crippen LogP contribution is -2.22. The maximum atomic E-state index is 11.5. The zero-order valence-electron chi connectivity index (χ0n) is 13.2. The average Bonchev–Trinajstić information content (AvgIpc) is 2.84. The number of amides is 1.